The van der Waals surface area contributed by atoms with Crippen molar-refractivity contribution in [1.29, 1.82) is 0 Å². The van der Waals surface area contributed by atoms with Crippen LogP contribution in [0.25, 0.3) is 11.0 Å². The SMILES string of the molecule is COc1cc([O-])c(C(C=O)C(O)C=O)c2oc(=O)c3c(c12)CCC3=O. The summed E-state index contributed by atoms with van der Waals surface area (Å²) in [5.41, 5.74) is -1.22. The number of fused-ring (bicyclic) bond motifs is 3. The minimum Gasteiger partial charge on any atom is -0.872 e. The van der Waals surface area contributed by atoms with Gasteiger partial charge in [-0.15, -0.1) is 0 Å². The molecular formula is C17H13O8-. The minimum atomic E-state index is -1.78. The Morgan fingerprint density at radius 2 is 2.00 bits per heavy atom. The van der Waals surface area contributed by atoms with Gasteiger partial charge in [0.1, 0.15) is 35.6 Å². The second-order valence-corrected chi connectivity index (χ2v) is 5.65. The number of carbonyl (C=O) groups is 3. The second kappa shape index (κ2) is 6.14. The van der Waals surface area contributed by atoms with Crippen LogP contribution in [0.2, 0.25) is 0 Å². The van der Waals surface area contributed by atoms with Crippen LogP contribution in [0.1, 0.15) is 33.8 Å². The number of rotatable bonds is 5. The molecule has 0 amide bonds. The van der Waals surface area contributed by atoms with Crippen molar-refractivity contribution >= 4 is 29.3 Å². The van der Waals surface area contributed by atoms with Crippen LogP contribution in [-0.2, 0) is 16.0 Å². The van der Waals surface area contributed by atoms with Gasteiger partial charge < -0.3 is 29.0 Å². The fourth-order valence-corrected chi connectivity index (χ4v) is 3.19. The third kappa shape index (κ3) is 2.42. The number of ketones is 1. The van der Waals surface area contributed by atoms with Crippen molar-refractivity contribution in [3.05, 3.63) is 33.2 Å². The lowest BCUT2D eigenvalue weighted by molar-refractivity contribution is -0.269. The minimum absolute atomic E-state index is 0.0868. The van der Waals surface area contributed by atoms with Crippen LogP contribution in [-0.4, -0.2) is 36.7 Å². The summed E-state index contributed by atoms with van der Waals surface area (Å²) in [6.07, 6.45) is -1.05. The molecule has 0 spiro atoms. The van der Waals surface area contributed by atoms with Gasteiger partial charge in [-0.1, -0.05) is 5.75 Å². The fraction of sp³-hybridized carbons (Fsp3) is 0.294. The first-order valence-electron chi connectivity index (χ1n) is 7.44. The summed E-state index contributed by atoms with van der Waals surface area (Å²) in [6, 6.07) is 1.08. The van der Waals surface area contributed by atoms with E-state index in [4.69, 9.17) is 9.15 Å². The Morgan fingerprint density at radius 1 is 1.28 bits per heavy atom. The van der Waals surface area contributed by atoms with Crippen molar-refractivity contribution in [2.24, 2.45) is 0 Å². The van der Waals surface area contributed by atoms with E-state index in [1.807, 2.05) is 0 Å². The van der Waals surface area contributed by atoms with Crippen LogP contribution in [0.15, 0.2) is 15.3 Å². The highest BCUT2D eigenvalue weighted by Gasteiger charge is 2.32. The Balaban J connectivity index is 2.48. The molecule has 3 rings (SSSR count). The van der Waals surface area contributed by atoms with Gasteiger partial charge in [-0.2, -0.15) is 0 Å². The van der Waals surface area contributed by atoms with Gasteiger partial charge in [0, 0.05) is 12.0 Å². The predicted octanol–water partition coefficient (Wildman–Crippen LogP) is -0.154. The third-order valence-corrected chi connectivity index (χ3v) is 4.34. The lowest BCUT2D eigenvalue weighted by atomic mass is 9.91. The molecule has 2 unspecified atom stereocenters. The molecule has 130 valence electrons. The summed E-state index contributed by atoms with van der Waals surface area (Å²) >= 11 is 0. The zero-order valence-corrected chi connectivity index (χ0v) is 13.1. The number of aliphatic hydroxyl groups excluding tert-OH is 1. The number of aldehydes is 2. The highest BCUT2D eigenvalue weighted by Crippen LogP contribution is 2.41. The molecule has 8 heteroatoms. The molecule has 1 N–H and O–H groups in total. The fourth-order valence-electron chi connectivity index (χ4n) is 3.19. The maximum Gasteiger partial charge on any atom is 0.347 e. The molecule has 2 atom stereocenters. The maximum absolute atomic E-state index is 12.4. The van der Waals surface area contributed by atoms with E-state index in [1.165, 1.54) is 7.11 Å². The monoisotopic (exact) mass is 345 g/mol. The van der Waals surface area contributed by atoms with Crippen molar-refractivity contribution in [2.45, 2.75) is 24.9 Å². The van der Waals surface area contributed by atoms with E-state index in [2.05, 4.69) is 0 Å². The van der Waals surface area contributed by atoms with Crippen molar-refractivity contribution < 1.29 is 33.8 Å². The average Bonchev–Trinajstić information content (AvgIpc) is 2.99. The third-order valence-electron chi connectivity index (χ3n) is 4.34. The number of methoxy groups -OCH3 is 1. The molecule has 0 aliphatic heterocycles. The van der Waals surface area contributed by atoms with Crippen molar-refractivity contribution in [3.8, 4) is 11.5 Å². The van der Waals surface area contributed by atoms with Crippen molar-refractivity contribution in [3.63, 3.8) is 0 Å². The van der Waals surface area contributed by atoms with E-state index in [0.717, 1.165) is 6.07 Å². The van der Waals surface area contributed by atoms with Gasteiger partial charge >= 0.3 is 5.63 Å². The average molecular weight is 345 g/mol. The van der Waals surface area contributed by atoms with E-state index in [-0.39, 0.29) is 59.0 Å². The summed E-state index contributed by atoms with van der Waals surface area (Å²) in [5.74, 6) is -2.52. The lowest BCUT2D eigenvalue weighted by Crippen LogP contribution is -2.23. The van der Waals surface area contributed by atoms with Crippen molar-refractivity contribution in [2.75, 3.05) is 7.11 Å². The number of aryl methyl sites for hydroxylation is 1. The van der Waals surface area contributed by atoms with E-state index < -0.39 is 23.4 Å². The van der Waals surface area contributed by atoms with Crippen LogP contribution in [0.3, 0.4) is 0 Å². The molecule has 0 saturated heterocycles. The summed E-state index contributed by atoms with van der Waals surface area (Å²) in [5, 5.41) is 22.4. The van der Waals surface area contributed by atoms with Crippen LogP contribution >= 0.6 is 0 Å². The Bertz CT molecular complexity index is 955. The molecule has 0 bridgehead atoms. The number of aliphatic hydroxyl groups is 1. The number of benzene rings is 1. The molecule has 0 saturated carbocycles. The first kappa shape index (κ1) is 16.8. The molecular weight excluding hydrogens is 332 g/mol. The zero-order valence-electron chi connectivity index (χ0n) is 13.1. The summed E-state index contributed by atoms with van der Waals surface area (Å²) in [4.78, 5) is 46.4. The molecule has 25 heavy (non-hydrogen) atoms. The molecule has 8 nitrogen and oxygen atoms in total. The molecule has 1 heterocycles. The van der Waals surface area contributed by atoms with Crippen LogP contribution < -0.4 is 15.5 Å². The van der Waals surface area contributed by atoms with Crippen LogP contribution in [0, 0.1) is 0 Å². The summed E-state index contributed by atoms with van der Waals surface area (Å²) in [6.45, 7) is 0. The standard InChI is InChI=1S/C17H14O8/c1-24-12-4-10(21)13(8(5-18)11(22)6-19)16-15(12)7-2-3-9(20)14(7)17(23)25-16/h4-6,8,11,21-22H,2-3H2,1H3/p-1. The number of hydrogen-bond acceptors (Lipinski definition) is 8. The quantitative estimate of drug-likeness (QED) is 0.584. The molecule has 2 aromatic rings. The zero-order chi connectivity index (χ0) is 18.3. The van der Waals surface area contributed by atoms with Crippen LogP contribution in [0.5, 0.6) is 11.5 Å². The molecule has 0 fully saturated rings. The normalized spacial score (nSPS) is 15.7. The topological polar surface area (TPSA) is 134 Å². The molecule has 0 radical (unpaired) electrons. The largest absolute Gasteiger partial charge is 0.872 e. The summed E-state index contributed by atoms with van der Waals surface area (Å²) < 4.78 is 10.3. The highest BCUT2D eigenvalue weighted by atomic mass is 16.5. The lowest BCUT2D eigenvalue weighted by Gasteiger charge is -2.23. The molecule has 1 aromatic heterocycles. The number of ether oxygens (including phenoxy) is 1. The highest BCUT2D eigenvalue weighted by molar-refractivity contribution is 6.06. The maximum atomic E-state index is 12.4. The summed E-state index contributed by atoms with van der Waals surface area (Å²) in [7, 11) is 1.31. The van der Waals surface area contributed by atoms with Gasteiger partial charge in [-0.3, -0.25) is 4.79 Å². The first-order chi connectivity index (χ1) is 11.9. The van der Waals surface area contributed by atoms with E-state index in [0.29, 0.717) is 5.56 Å². The van der Waals surface area contributed by atoms with E-state index in [1.54, 1.807) is 0 Å². The predicted molar refractivity (Wildman–Crippen MR) is 82.0 cm³/mol. The number of Topliss-reactive ketones (excluding diaryl/α,β-unsaturated/α-hetero) is 1. The van der Waals surface area contributed by atoms with Gasteiger partial charge in [-0.25, -0.2) is 4.79 Å². The van der Waals surface area contributed by atoms with Gasteiger partial charge in [0.05, 0.1) is 18.4 Å². The molecule has 1 aliphatic rings. The van der Waals surface area contributed by atoms with Gasteiger partial charge in [-0.05, 0) is 18.1 Å². The molecule has 1 aromatic carbocycles. The van der Waals surface area contributed by atoms with Crippen LogP contribution in [0.4, 0.5) is 0 Å². The Morgan fingerprint density at radius 3 is 2.60 bits per heavy atom. The first-order valence-corrected chi connectivity index (χ1v) is 7.44. The Hall–Kier alpha value is -3.00. The molecule has 1 aliphatic carbocycles. The second-order valence-electron chi connectivity index (χ2n) is 5.65. The Labute approximate surface area is 140 Å². The number of carbonyl (C=O) groups excluding carboxylic acids is 3. The smallest absolute Gasteiger partial charge is 0.347 e. The van der Waals surface area contributed by atoms with Gasteiger partial charge in [0.2, 0.25) is 0 Å². The van der Waals surface area contributed by atoms with E-state index in [9.17, 15) is 29.4 Å². The van der Waals surface area contributed by atoms with Crippen molar-refractivity contribution in [1.82, 2.24) is 0 Å². The van der Waals surface area contributed by atoms with E-state index >= 15 is 0 Å². The Kier molecular flexibility index (Phi) is 4.13. The van der Waals surface area contributed by atoms with Gasteiger partial charge in [0.25, 0.3) is 0 Å². The van der Waals surface area contributed by atoms with Gasteiger partial charge in [0.15, 0.2) is 5.78 Å². The number of hydrogen-bond donors (Lipinski definition) is 1.